The first-order valence-electron chi connectivity index (χ1n) is 9.22. The van der Waals surface area contributed by atoms with E-state index < -0.39 is 0 Å². The van der Waals surface area contributed by atoms with E-state index in [4.69, 9.17) is 9.47 Å². The van der Waals surface area contributed by atoms with Crippen LogP contribution in [0.5, 0.6) is 0 Å². The Hall–Kier alpha value is -1.64. The van der Waals surface area contributed by atoms with Gasteiger partial charge in [0.1, 0.15) is 0 Å². The molecule has 0 radical (unpaired) electrons. The van der Waals surface area contributed by atoms with Crippen LogP contribution < -0.4 is 0 Å². The van der Waals surface area contributed by atoms with Gasteiger partial charge >= 0.3 is 0 Å². The quantitative estimate of drug-likeness (QED) is 0.509. The van der Waals surface area contributed by atoms with Crippen LogP contribution in [0.15, 0.2) is 60.7 Å². The Balaban J connectivity index is 1.68. The van der Waals surface area contributed by atoms with Crippen molar-refractivity contribution >= 4 is 0 Å². The highest BCUT2D eigenvalue weighted by Gasteiger charge is 2.21. The molecule has 0 heterocycles. The molecule has 25 heavy (non-hydrogen) atoms. The van der Waals surface area contributed by atoms with Crippen molar-refractivity contribution in [2.45, 2.75) is 64.8 Å². The normalized spacial score (nSPS) is 12.3. The van der Waals surface area contributed by atoms with E-state index in [1.807, 2.05) is 18.2 Å². The third kappa shape index (κ3) is 7.85. The molecule has 136 valence electrons. The second-order valence-electron chi connectivity index (χ2n) is 7.91. The Kier molecular flexibility index (Phi) is 7.22. The Bertz CT molecular complexity index is 603. The van der Waals surface area contributed by atoms with Gasteiger partial charge in [0.15, 0.2) is 0 Å². The third-order valence-electron chi connectivity index (χ3n) is 4.36. The van der Waals surface area contributed by atoms with E-state index in [-0.39, 0.29) is 11.2 Å². The van der Waals surface area contributed by atoms with Crippen LogP contribution in [0.1, 0.15) is 51.7 Å². The summed E-state index contributed by atoms with van der Waals surface area (Å²) in [6, 6.07) is 20.9. The van der Waals surface area contributed by atoms with Crippen molar-refractivity contribution in [2.75, 3.05) is 6.61 Å². The Morgan fingerprint density at radius 2 is 1.24 bits per heavy atom. The van der Waals surface area contributed by atoms with Crippen LogP contribution in [0.4, 0.5) is 0 Å². The van der Waals surface area contributed by atoms with Gasteiger partial charge in [-0.15, -0.1) is 0 Å². The highest BCUT2D eigenvalue weighted by atomic mass is 16.5. The molecular formula is C23H32O2. The molecule has 2 aromatic carbocycles. The fourth-order valence-corrected chi connectivity index (χ4v) is 2.91. The molecule has 2 aromatic rings. The maximum atomic E-state index is 6.14. The molecule has 0 aliphatic heterocycles. The minimum absolute atomic E-state index is 0.136. The van der Waals surface area contributed by atoms with Crippen LogP contribution in [-0.4, -0.2) is 17.8 Å². The standard InChI is InChI=1S/C23H32O2/c1-22(2,25-19-21-14-9-6-10-15-21)16-11-17-24-23(3,4)18-20-12-7-5-8-13-20/h5-10,12-15H,11,16-19H2,1-4H3. The summed E-state index contributed by atoms with van der Waals surface area (Å²) in [5.74, 6) is 0. The van der Waals surface area contributed by atoms with Crippen molar-refractivity contribution in [2.24, 2.45) is 0 Å². The zero-order chi connectivity index (χ0) is 18.2. The first kappa shape index (κ1) is 19.7. The van der Waals surface area contributed by atoms with Gasteiger partial charge in [-0.1, -0.05) is 60.7 Å². The van der Waals surface area contributed by atoms with Crippen LogP contribution in [0, 0.1) is 0 Å². The van der Waals surface area contributed by atoms with Crippen LogP contribution >= 0.6 is 0 Å². The van der Waals surface area contributed by atoms with Gasteiger partial charge in [0.05, 0.1) is 17.8 Å². The van der Waals surface area contributed by atoms with Gasteiger partial charge in [0.25, 0.3) is 0 Å². The van der Waals surface area contributed by atoms with E-state index in [1.165, 1.54) is 11.1 Å². The Morgan fingerprint density at radius 1 is 0.680 bits per heavy atom. The topological polar surface area (TPSA) is 18.5 Å². The van der Waals surface area contributed by atoms with Gasteiger partial charge in [-0.3, -0.25) is 0 Å². The Labute approximate surface area is 153 Å². The van der Waals surface area contributed by atoms with E-state index in [9.17, 15) is 0 Å². The molecule has 0 atom stereocenters. The minimum atomic E-state index is -0.142. The van der Waals surface area contributed by atoms with Gasteiger partial charge in [-0.2, -0.15) is 0 Å². The molecule has 0 aliphatic rings. The highest BCUT2D eigenvalue weighted by molar-refractivity contribution is 5.16. The van der Waals surface area contributed by atoms with Crippen molar-refractivity contribution in [3.05, 3.63) is 71.8 Å². The first-order valence-corrected chi connectivity index (χ1v) is 9.22. The lowest BCUT2D eigenvalue weighted by Crippen LogP contribution is -2.29. The molecule has 0 saturated carbocycles. The summed E-state index contributed by atoms with van der Waals surface area (Å²) >= 11 is 0. The lowest BCUT2D eigenvalue weighted by atomic mass is 9.98. The maximum absolute atomic E-state index is 6.14. The molecular weight excluding hydrogens is 308 g/mol. The SMILES string of the molecule is CC(C)(CCCOC(C)(C)Cc1ccccc1)OCc1ccccc1. The van der Waals surface area contributed by atoms with Gasteiger partial charge in [0, 0.05) is 13.0 Å². The van der Waals surface area contributed by atoms with Crippen LogP contribution in [-0.2, 0) is 22.5 Å². The number of hydrogen-bond acceptors (Lipinski definition) is 2. The molecule has 0 aliphatic carbocycles. The minimum Gasteiger partial charge on any atom is -0.375 e. The molecule has 0 bridgehead atoms. The predicted octanol–water partition coefficient (Wildman–Crippen LogP) is 5.80. The molecule has 0 N–H and O–H groups in total. The molecule has 2 rings (SSSR count). The number of hydrogen-bond donors (Lipinski definition) is 0. The highest BCUT2D eigenvalue weighted by Crippen LogP contribution is 2.21. The average molecular weight is 341 g/mol. The van der Waals surface area contributed by atoms with Crippen molar-refractivity contribution < 1.29 is 9.47 Å². The monoisotopic (exact) mass is 340 g/mol. The maximum Gasteiger partial charge on any atom is 0.0724 e. The molecule has 0 spiro atoms. The summed E-state index contributed by atoms with van der Waals surface area (Å²) < 4.78 is 12.2. The van der Waals surface area contributed by atoms with Crippen LogP contribution in [0.3, 0.4) is 0 Å². The lowest BCUT2D eigenvalue weighted by molar-refractivity contribution is -0.0545. The Morgan fingerprint density at radius 3 is 1.84 bits per heavy atom. The summed E-state index contributed by atoms with van der Waals surface area (Å²) in [7, 11) is 0. The van der Waals surface area contributed by atoms with E-state index >= 15 is 0 Å². The second kappa shape index (κ2) is 9.17. The van der Waals surface area contributed by atoms with Gasteiger partial charge < -0.3 is 9.47 Å². The third-order valence-corrected chi connectivity index (χ3v) is 4.36. The van der Waals surface area contributed by atoms with E-state index in [1.54, 1.807) is 0 Å². The lowest BCUT2D eigenvalue weighted by Gasteiger charge is -2.28. The summed E-state index contributed by atoms with van der Waals surface area (Å²) in [6.07, 6.45) is 2.92. The van der Waals surface area contributed by atoms with Crippen LogP contribution in [0.2, 0.25) is 0 Å². The van der Waals surface area contributed by atoms with Crippen molar-refractivity contribution in [1.29, 1.82) is 0 Å². The van der Waals surface area contributed by atoms with Gasteiger partial charge in [0.2, 0.25) is 0 Å². The van der Waals surface area contributed by atoms with Crippen LogP contribution in [0.25, 0.3) is 0 Å². The average Bonchev–Trinajstić information content (AvgIpc) is 2.59. The molecule has 2 nitrogen and oxygen atoms in total. The first-order chi connectivity index (χ1) is 11.9. The zero-order valence-corrected chi connectivity index (χ0v) is 16.1. The van der Waals surface area contributed by atoms with Crippen molar-refractivity contribution in [1.82, 2.24) is 0 Å². The number of benzene rings is 2. The predicted molar refractivity (Wildman–Crippen MR) is 105 cm³/mol. The van der Waals surface area contributed by atoms with E-state index in [0.717, 1.165) is 25.9 Å². The summed E-state index contributed by atoms with van der Waals surface area (Å²) in [4.78, 5) is 0. The van der Waals surface area contributed by atoms with E-state index in [2.05, 4.69) is 70.2 Å². The van der Waals surface area contributed by atoms with Crippen molar-refractivity contribution in [3.63, 3.8) is 0 Å². The molecule has 0 unspecified atom stereocenters. The number of rotatable bonds is 10. The zero-order valence-electron chi connectivity index (χ0n) is 16.1. The largest absolute Gasteiger partial charge is 0.375 e. The fraction of sp³-hybridized carbons (Fsp3) is 0.478. The van der Waals surface area contributed by atoms with Gasteiger partial charge in [-0.25, -0.2) is 0 Å². The summed E-state index contributed by atoms with van der Waals surface area (Å²) in [5, 5.41) is 0. The molecule has 0 saturated heterocycles. The fourth-order valence-electron chi connectivity index (χ4n) is 2.91. The van der Waals surface area contributed by atoms with E-state index in [0.29, 0.717) is 6.61 Å². The second-order valence-corrected chi connectivity index (χ2v) is 7.91. The number of ether oxygens (including phenoxy) is 2. The molecule has 0 fully saturated rings. The molecule has 0 aromatic heterocycles. The van der Waals surface area contributed by atoms with Crippen molar-refractivity contribution in [3.8, 4) is 0 Å². The summed E-state index contributed by atoms with van der Waals surface area (Å²) in [6.45, 7) is 10.1. The smallest absolute Gasteiger partial charge is 0.0724 e. The molecule has 2 heteroatoms. The molecule has 0 amide bonds. The van der Waals surface area contributed by atoms with Gasteiger partial charge in [-0.05, 0) is 51.7 Å². The summed E-state index contributed by atoms with van der Waals surface area (Å²) in [5.41, 5.74) is 2.26.